The fourth-order valence-electron chi connectivity index (χ4n) is 2.21. The summed E-state index contributed by atoms with van der Waals surface area (Å²) in [5.41, 5.74) is 0.767. The minimum atomic E-state index is -0.00260. The summed E-state index contributed by atoms with van der Waals surface area (Å²) in [6.07, 6.45) is 2.34. The van der Waals surface area contributed by atoms with Gasteiger partial charge < -0.3 is 9.84 Å². The van der Waals surface area contributed by atoms with Gasteiger partial charge >= 0.3 is 0 Å². The highest BCUT2D eigenvalue weighted by Crippen LogP contribution is 2.26. The Bertz CT molecular complexity index is 740. The van der Waals surface area contributed by atoms with E-state index < -0.39 is 0 Å². The number of thiophene rings is 1. The van der Waals surface area contributed by atoms with Gasteiger partial charge in [0.1, 0.15) is 0 Å². The van der Waals surface area contributed by atoms with Crippen molar-refractivity contribution in [1.29, 1.82) is 0 Å². The van der Waals surface area contributed by atoms with E-state index in [1.54, 1.807) is 29.3 Å². The lowest BCUT2D eigenvalue weighted by atomic mass is 10.2. The van der Waals surface area contributed by atoms with Crippen LogP contribution in [0, 0.1) is 0 Å². The molecule has 22 heavy (non-hydrogen) atoms. The number of aliphatic hydroxyl groups excluding tert-OH is 1. The molecule has 3 heterocycles. The smallest absolute Gasteiger partial charge is 0.224 e. The van der Waals surface area contributed by atoms with E-state index >= 15 is 0 Å². The fraction of sp³-hybridized carbons (Fsp3) is 0.267. The van der Waals surface area contributed by atoms with Crippen LogP contribution in [0.3, 0.4) is 0 Å². The van der Waals surface area contributed by atoms with E-state index in [-0.39, 0.29) is 6.61 Å². The molecule has 3 aromatic heterocycles. The highest BCUT2D eigenvalue weighted by Gasteiger charge is 2.16. The largest absolute Gasteiger partial charge is 0.480 e. The molecule has 7 heteroatoms. The minimum absolute atomic E-state index is 0.00260. The first kappa shape index (κ1) is 14.7. The molecule has 0 unspecified atom stereocenters. The first-order chi connectivity index (χ1) is 10.8. The Kier molecular flexibility index (Phi) is 4.45. The third kappa shape index (κ3) is 3.00. The molecular formula is C15H16N4O2S. The van der Waals surface area contributed by atoms with E-state index in [9.17, 15) is 5.11 Å². The molecule has 0 fully saturated rings. The van der Waals surface area contributed by atoms with Crippen molar-refractivity contribution in [3.8, 4) is 17.3 Å². The Morgan fingerprint density at radius 2 is 2.23 bits per heavy atom. The molecule has 0 saturated carbocycles. The average Bonchev–Trinajstić information content (AvgIpc) is 3.18. The second kappa shape index (κ2) is 6.67. The van der Waals surface area contributed by atoms with E-state index in [0.29, 0.717) is 24.7 Å². The zero-order chi connectivity index (χ0) is 15.4. The van der Waals surface area contributed by atoms with Gasteiger partial charge in [-0.2, -0.15) is 5.10 Å². The van der Waals surface area contributed by atoms with Crippen molar-refractivity contribution >= 4 is 11.3 Å². The summed E-state index contributed by atoms with van der Waals surface area (Å²) in [5.74, 6) is 1.87. The number of nitrogens with zero attached hydrogens (tertiary/aromatic N) is 4. The van der Waals surface area contributed by atoms with E-state index in [1.165, 1.54) is 4.88 Å². The Morgan fingerprint density at radius 3 is 2.95 bits per heavy atom. The first-order valence-electron chi connectivity index (χ1n) is 6.88. The van der Waals surface area contributed by atoms with Crippen LogP contribution < -0.4 is 4.74 Å². The molecule has 114 valence electrons. The summed E-state index contributed by atoms with van der Waals surface area (Å²) in [6, 6.07) is 7.78. The Morgan fingerprint density at radius 1 is 1.32 bits per heavy atom. The molecule has 0 bridgehead atoms. The highest BCUT2D eigenvalue weighted by atomic mass is 32.1. The van der Waals surface area contributed by atoms with Crippen molar-refractivity contribution < 1.29 is 9.84 Å². The number of ether oxygens (including phenoxy) is 1. The number of hydrogen-bond donors (Lipinski definition) is 1. The normalized spacial score (nSPS) is 10.8. The number of pyridine rings is 1. The van der Waals surface area contributed by atoms with Crippen LogP contribution >= 0.6 is 11.3 Å². The Labute approximate surface area is 132 Å². The molecule has 0 spiro atoms. The molecule has 1 N–H and O–H groups in total. The van der Waals surface area contributed by atoms with Gasteiger partial charge in [0.15, 0.2) is 11.6 Å². The van der Waals surface area contributed by atoms with Crippen LogP contribution in [0.4, 0.5) is 0 Å². The maximum absolute atomic E-state index is 9.25. The lowest BCUT2D eigenvalue weighted by molar-refractivity contribution is 0.269. The Balaban J connectivity index is 2.00. The molecule has 6 nitrogen and oxygen atoms in total. The van der Waals surface area contributed by atoms with Gasteiger partial charge in [-0.25, -0.2) is 14.6 Å². The van der Waals surface area contributed by atoms with Gasteiger partial charge in [0.2, 0.25) is 5.88 Å². The highest BCUT2D eigenvalue weighted by molar-refractivity contribution is 7.09. The maximum Gasteiger partial charge on any atom is 0.224 e. The van der Waals surface area contributed by atoms with Crippen molar-refractivity contribution in [1.82, 2.24) is 19.7 Å². The molecule has 0 aromatic carbocycles. The number of rotatable bonds is 6. The summed E-state index contributed by atoms with van der Waals surface area (Å²) in [7, 11) is 1.57. The van der Waals surface area contributed by atoms with Crippen molar-refractivity contribution in [3.63, 3.8) is 0 Å². The van der Waals surface area contributed by atoms with Crippen molar-refractivity contribution in [2.24, 2.45) is 0 Å². The molecule has 0 aliphatic carbocycles. The maximum atomic E-state index is 9.25. The molecule has 0 aliphatic rings. The SMILES string of the molecule is COc1ncccc1-c1nc(Cc2cccs2)nn1CCO. The van der Waals surface area contributed by atoms with E-state index in [4.69, 9.17) is 4.74 Å². The van der Waals surface area contributed by atoms with Gasteiger partial charge in [0.05, 0.1) is 25.8 Å². The number of aromatic nitrogens is 4. The Hall–Kier alpha value is -2.25. The molecule has 0 amide bonds. The van der Waals surface area contributed by atoms with Crippen LogP contribution in [0.15, 0.2) is 35.8 Å². The first-order valence-corrected chi connectivity index (χ1v) is 7.76. The average molecular weight is 316 g/mol. The molecule has 0 saturated heterocycles. The summed E-state index contributed by atoms with van der Waals surface area (Å²) < 4.78 is 6.99. The van der Waals surface area contributed by atoms with Crippen LogP contribution in [0.5, 0.6) is 5.88 Å². The van der Waals surface area contributed by atoms with Gasteiger partial charge in [-0.15, -0.1) is 11.3 Å². The second-order valence-electron chi connectivity index (χ2n) is 4.61. The molecule has 0 radical (unpaired) electrons. The van der Waals surface area contributed by atoms with E-state index in [0.717, 1.165) is 11.4 Å². The lowest BCUT2D eigenvalue weighted by Crippen LogP contribution is -2.07. The third-order valence-electron chi connectivity index (χ3n) is 3.15. The van der Waals surface area contributed by atoms with E-state index in [2.05, 4.69) is 21.1 Å². The zero-order valence-electron chi connectivity index (χ0n) is 12.1. The van der Waals surface area contributed by atoms with Gasteiger partial charge in [-0.1, -0.05) is 6.07 Å². The minimum Gasteiger partial charge on any atom is -0.480 e. The molecule has 3 aromatic rings. The fourth-order valence-corrected chi connectivity index (χ4v) is 2.91. The van der Waals surface area contributed by atoms with Crippen molar-refractivity contribution in [2.45, 2.75) is 13.0 Å². The summed E-state index contributed by atoms with van der Waals surface area (Å²) in [5, 5.41) is 15.8. The molecule has 0 atom stereocenters. The van der Waals surface area contributed by atoms with Crippen molar-refractivity contribution in [3.05, 3.63) is 46.5 Å². The van der Waals surface area contributed by atoms with Gasteiger partial charge in [-0.05, 0) is 23.6 Å². The molecular weight excluding hydrogens is 300 g/mol. The predicted octanol–water partition coefficient (Wildman–Crippen LogP) is 1.99. The molecule has 0 aliphatic heterocycles. The van der Waals surface area contributed by atoms with Crippen LogP contribution in [-0.2, 0) is 13.0 Å². The summed E-state index contributed by atoms with van der Waals surface area (Å²) >= 11 is 1.67. The summed E-state index contributed by atoms with van der Waals surface area (Å²) in [4.78, 5) is 10.0. The number of hydrogen-bond acceptors (Lipinski definition) is 6. The van der Waals surface area contributed by atoms with Crippen LogP contribution in [0.2, 0.25) is 0 Å². The quantitative estimate of drug-likeness (QED) is 0.753. The van der Waals surface area contributed by atoms with Crippen molar-refractivity contribution in [2.75, 3.05) is 13.7 Å². The topological polar surface area (TPSA) is 73.1 Å². The monoisotopic (exact) mass is 316 g/mol. The summed E-state index contributed by atoms with van der Waals surface area (Å²) in [6.45, 7) is 0.377. The van der Waals surface area contributed by atoms with Crippen LogP contribution in [0.1, 0.15) is 10.7 Å². The van der Waals surface area contributed by atoms with Crippen LogP contribution in [0.25, 0.3) is 11.4 Å². The third-order valence-corrected chi connectivity index (χ3v) is 4.02. The van der Waals surface area contributed by atoms with Gasteiger partial charge in [-0.3, -0.25) is 0 Å². The van der Waals surface area contributed by atoms with Crippen LogP contribution in [-0.4, -0.2) is 38.6 Å². The standard InChI is InChI=1S/C15H16N4O2S/c1-21-15-12(5-2-6-16-15)14-17-13(18-19(14)7-8-20)10-11-4-3-9-22-11/h2-6,9,20H,7-8,10H2,1H3. The zero-order valence-corrected chi connectivity index (χ0v) is 13.0. The lowest BCUT2D eigenvalue weighted by Gasteiger charge is -2.07. The predicted molar refractivity (Wildman–Crippen MR) is 84.0 cm³/mol. The van der Waals surface area contributed by atoms with Gasteiger partial charge in [0.25, 0.3) is 0 Å². The van der Waals surface area contributed by atoms with Gasteiger partial charge in [0, 0.05) is 17.5 Å². The molecule has 3 rings (SSSR count). The second-order valence-corrected chi connectivity index (χ2v) is 5.65. The number of aliphatic hydroxyl groups is 1. The van der Waals surface area contributed by atoms with E-state index in [1.807, 2.05) is 23.6 Å². The number of methoxy groups -OCH3 is 1.